The standard InChI is InChI=1S/C28H38N4O4/c1-18-7-5-8-19(2)27(18)36-22-11-13-30(14-12-22)25(33)17-32-24-10-6-9-23(24)26(29-32)28(34)31-15-20(3)35-21(4)16-31/h5,7-8,20-22H,6,9-17H2,1-4H3/t20-,21+. The molecule has 0 spiro atoms. The molecule has 3 aliphatic rings. The lowest BCUT2D eigenvalue weighted by Gasteiger charge is -2.35. The third-order valence-corrected chi connectivity index (χ3v) is 7.69. The van der Waals surface area contributed by atoms with Gasteiger partial charge in [0.15, 0.2) is 5.69 Å². The van der Waals surface area contributed by atoms with Crippen molar-refractivity contribution in [1.82, 2.24) is 19.6 Å². The summed E-state index contributed by atoms with van der Waals surface area (Å²) in [4.78, 5) is 30.4. The van der Waals surface area contributed by atoms with Crippen LogP contribution in [-0.2, 0) is 28.9 Å². The van der Waals surface area contributed by atoms with Gasteiger partial charge in [-0.2, -0.15) is 5.10 Å². The summed E-state index contributed by atoms with van der Waals surface area (Å²) in [6, 6.07) is 6.19. The second kappa shape index (κ2) is 10.2. The summed E-state index contributed by atoms with van der Waals surface area (Å²) in [7, 11) is 0. The number of carbonyl (C=O) groups is 2. The molecule has 0 saturated carbocycles. The smallest absolute Gasteiger partial charge is 0.274 e. The van der Waals surface area contributed by atoms with Crippen LogP contribution in [0, 0.1) is 13.8 Å². The van der Waals surface area contributed by atoms with E-state index in [0.29, 0.717) is 31.9 Å². The molecule has 1 aromatic heterocycles. The van der Waals surface area contributed by atoms with Gasteiger partial charge in [0.25, 0.3) is 5.91 Å². The molecular formula is C28H38N4O4. The lowest BCUT2D eigenvalue weighted by molar-refractivity contribution is -0.133. The highest BCUT2D eigenvalue weighted by Gasteiger charge is 2.33. The Morgan fingerprint density at radius 1 is 1.03 bits per heavy atom. The molecular weight excluding hydrogens is 456 g/mol. The van der Waals surface area contributed by atoms with Gasteiger partial charge in [-0.1, -0.05) is 18.2 Å². The second-order valence-corrected chi connectivity index (χ2v) is 10.7. The Kier molecular flexibility index (Phi) is 7.06. The monoisotopic (exact) mass is 494 g/mol. The number of rotatable bonds is 5. The van der Waals surface area contributed by atoms with E-state index in [4.69, 9.17) is 14.6 Å². The number of aromatic nitrogens is 2. The van der Waals surface area contributed by atoms with Crippen molar-refractivity contribution >= 4 is 11.8 Å². The number of hydrogen-bond donors (Lipinski definition) is 0. The zero-order valence-corrected chi connectivity index (χ0v) is 22.0. The predicted molar refractivity (Wildman–Crippen MR) is 136 cm³/mol. The number of piperidine rings is 1. The van der Waals surface area contributed by atoms with Crippen LogP contribution in [0.2, 0.25) is 0 Å². The Balaban J connectivity index is 1.22. The maximum Gasteiger partial charge on any atom is 0.274 e. The third-order valence-electron chi connectivity index (χ3n) is 7.69. The molecule has 5 rings (SSSR count). The summed E-state index contributed by atoms with van der Waals surface area (Å²) in [6.45, 7) is 10.8. The largest absolute Gasteiger partial charge is 0.490 e. The van der Waals surface area contributed by atoms with E-state index in [9.17, 15) is 9.59 Å². The Labute approximate surface area is 213 Å². The summed E-state index contributed by atoms with van der Waals surface area (Å²) in [5.74, 6) is 0.992. The second-order valence-electron chi connectivity index (χ2n) is 10.7. The van der Waals surface area contributed by atoms with E-state index in [0.717, 1.165) is 60.2 Å². The quantitative estimate of drug-likeness (QED) is 0.638. The van der Waals surface area contributed by atoms with Crippen molar-refractivity contribution in [3.63, 3.8) is 0 Å². The van der Waals surface area contributed by atoms with Crippen molar-refractivity contribution < 1.29 is 19.1 Å². The molecule has 8 nitrogen and oxygen atoms in total. The number of fused-ring (bicyclic) bond motifs is 1. The molecule has 36 heavy (non-hydrogen) atoms. The van der Waals surface area contributed by atoms with Crippen LogP contribution in [0.25, 0.3) is 0 Å². The lowest BCUT2D eigenvalue weighted by atomic mass is 10.1. The zero-order valence-electron chi connectivity index (χ0n) is 22.0. The maximum absolute atomic E-state index is 13.4. The number of benzene rings is 1. The zero-order chi connectivity index (χ0) is 25.4. The number of amides is 2. The van der Waals surface area contributed by atoms with Crippen molar-refractivity contribution in [3.8, 4) is 5.75 Å². The molecule has 1 aliphatic carbocycles. The summed E-state index contributed by atoms with van der Waals surface area (Å²) < 4.78 is 13.9. The highest BCUT2D eigenvalue weighted by Crippen LogP contribution is 2.29. The highest BCUT2D eigenvalue weighted by molar-refractivity contribution is 5.94. The van der Waals surface area contributed by atoms with Crippen molar-refractivity contribution in [1.29, 1.82) is 0 Å². The van der Waals surface area contributed by atoms with Gasteiger partial charge < -0.3 is 19.3 Å². The van der Waals surface area contributed by atoms with Gasteiger partial charge in [-0.3, -0.25) is 14.3 Å². The molecule has 2 aromatic rings. The van der Waals surface area contributed by atoms with Gasteiger partial charge in [0.2, 0.25) is 5.91 Å². The number of morpholine rings is 1. The number of nitrogens with zero attached hydrogens (tertiary/aromatic N) is 4. The first-order valence-electron chi connectivity index (χ1n) is 13.3. The number of para-hydroxylation sites is 1. The van der Waals surface area contributed by atoms with Gasteiger partial charge in [-0.05, 0) is 58.1 Å². The van der Waals surface area contributed by atoms with Gasteiger partial charge in [0.05, 0.1) is 12.2 Å². The van der Waals surface area contributed by atoms with Crippen molar-refractivity contribution in [2.75, 3.05) is 26.2 Å². The van der Waals surface area contributed by atoms with E-state index in [-0.39, 0.29) is 36.7 Å². The molecule has 3 heterocycles. The van der Waals surface area contributed by atoms with Gasteiger partial charge in [-0.25, -0.2) is 0 Å². The molecule has 194 valence electrons. The molecule has 8 heteroatoms. The molecule has 2 atom stereocenters. The molecule has 0 N–H and O–H groups in total. The Hall–Kier alpha value is -2.87. The summed E-state index contributed by atoms with van der Waals surface area (Å²) in [5.41, 5.74) is 4.90. The molecule has 0 radical (unpaired) electrons. The van der Waals surface area contributed by atoms with Crippen LogP contribution in [0.5, 0.6) is 5.75 Å². The maximum atomic E-state index is 13.4. The van der Waals surface area contributed by atoms with Gasteiger partial charge in [-0.15, -0.1) is 0 Å². The average molecular weight is 495 g/mol. The number of likely N-dealkylation sites (tertiary alicyclic amines) is 1. The van der Waals surface area contributed by atoms with E-state index in [2.05, 4.69) is 26.0 Å². The number of hydrogen-bond acceptors (Lipinski definition) is 5. The molecule has 2 fully saturated rings. The summed E-state index contributed by atoms with van der Waals surface area (Å²) in [5, 5.41) is 4.69. The Morgan fingerprint density at radius 2 is 1.69 bits per heavy atom. The van der Waals surface area contributed by atoms with Crippen LogP contribution in [0.4, 0.5) is 0 Å². The first-order valence-corrected chi connectivity index (χ1v) is 13.3. The van der Waals surface area contributed by atoms with Crippen LogP contribution in [-0.4, -0.2) is 75.9 Å². The number of carbonyl (C=O) groups excluding carboxylic acids is 2. The van der Waals surface area contributed by atoms with Crippen LogP contribution in [0.1, 0.15) is 66.0 Å². The van der Waals surface area contributed by atoms with Gasteiger partial charge >= 0.3 is 0 Å². The van der Waals surface area contributed by atoms with Crippen LogP contribution in [0.3, 0.4) is 0 Å². The predicted octanol–water partition coefficient (Wildman–Crippen LogP) is 3.31. The fourth-order valence-corrected chi connectivity index (χ4v) is 5.91. The lowest BCUT2D eigenvalue weighted by Crippen LogP contribution is -2.48. The number of ether oxygens (including phenoxy) is 2. The van der Waals surface area contributed by atoms with E-state index in [1.807, 2.05) is 29.7 Å². The van der Waals surface area contributed by atoms with E-state index in [1.165, 1.54) is 0 Å². The normalized spacial score (nSPS) is 22.6. The first kappa shape index (κ1) is 24.8. The molecule has 2 saturated heterocycles. The topological polar surface area (TPSA) is 76.9 Å². The highest BCUT2D eigenvalue weighted by atomic mass is 16.5. The van der Waals surface area contributed by atoms with E-state index < -0.39 is 0 Å². The molecule has 1 aromatic carbocycles. The molecule has 2 amide bonds. The van der Waals surface area contributed by atoms with Crippen LogP contribution in [0.15, 0.2) is 18.2 Å². The first-order chi connectivity index (χ1) is 17.3. The van der Waals surface area contributed by atoms with Crippen LogP contribution < -0.4 is 4.74 Å². The Morgan fingerprint density at radius 3 is 2.36 bits per heavy atom. The fraction of sp³-hybridized carbons (Fsp3) is 0.607. The van der Waals surface area contributed by atoms with Crippen molar-refractivity contribution in [3.05, 3.63) is 46.3 Å². The minimum atomic E-state index is -0.0363. The SMILES string of the molecule is Cc1cccc(C)c1OC1CCN(C(=O)Cn2nc(C(=O)N3C[C@@H](C)O[C@@H](C)C3)c3c2CCC3)CC1. The van der Waals surface area contributed by atoms with Crippen molar-refractivity contribution in [2.45, 2.75) is 84.7 Å². The van der Waals surface area contributed by atoms with E-state index >= 15 is 0 Å². The number of aryl methyl sites for hydroxylation is 2. The minimum Gasteiger partial charge on any atom is -0.490 e. The molecule has 0 unspecified atom stereocenters. The Bertz CT molecular complexity index is 1100. The molecule has 2 aliphatic heterocycles. The average Bonchev–Trinajstić information content (AvgIpc) is 3.45. The van der Waals surface area contributed by atoms with E-state index in [1.54, 1.807) is 4.68 Å². The fourth-order valence-electron chi connectivity index (χ4n) is 5.91. The van der Waals surface area contributed by atoms with Gasteiger partial charge in [0.1, 0.15) is 18.4 Å². The summed E-state index contributed by atoms with van der Waals surface area (Å²) >= 11 is 0. The van der Waals surface area contributed by atoms with Crippen molar-refractivity contribution in [2.24, 2.45) is 0 Å². The minimum absolute atomic E-state index is 0.0102. The third kappa shape index (κ3) is 5.01. The van der Waals surface area contributed by atoms with Crippen LogP contribution >= 0.6 is 0 Å². The summed E-state index contributed by atoms with van der Waals surface area (Å²) in [6.07, 6.45) is 4.48. The molecule has 0 bridgehead atoms. The van der Waals surface area contributed by atoms with Gasteiger partial charge in [0, 0.05) is 50.3 Å².